The number of amides is 2. The van der Waals surface area contributed by atoms with Crippen LogP contribution < -0.4 is 15.4 Å². The fourth-order valence-corrected chi connectivity index (χ4v) is 1.88. The number of carbonyl (C=O) groups excluding carboxylic acids is 1. The van der Waals surface area contributed by atoms with Crippen molar-refractivity contribution in [3.05, 3.63) is 42.7 Å². The molecule has 0 saturated carbocycles. The smallest absolute Gasteiger partial charge is 0.327 e. The third-order valence-corrected chi connectivity index (χ3v) is 2.81. The zero-order chi connectivity index (χ0) is 16.1. The quantitative estimate of drug-likeness (QED) is 0.748. The average Bonchev–Trinajstić information content (AvgIpc) is 3.20. The van der Waals surface area contributed by atoms with Crippen LogP contribution in [0.3, 0.4) is 0 Å². The molecule has 0 radical (unpaired) electrons. The van der Waals surface area contributed by atoms with Crippen molar-refractivity contribution in [2.75, 3.05) is 17.2 Å². The van der Waals surface area contributed by atoms with Crippen LogP contribution in [0.4, 0.5) is 16.5 Å². The number of ether oxygens (including phenoxy) is 1. The lowest BCUT2D eigenvalue weighted by Crippen LogP contribution is -2.20. The Hall–Kier alpha value is -3.29. The van der Waals surface area contributed by atoms with Crippen molar-refractivity contribution in [1.29, 1.82) is 0 Å². The average molecular weight is 314 g/mol. The van der Waals surface area contributed by atoms with Crippen molar-refractivity contribution in [2.45, 2.75) is 6.92 Å². The number of benzene rings is 1. The van der Waals surface area contributed by atoms with Gasteiger partial charge in [-0.05, 0) is 31.2 Å². The lowest BCUT2D eigenvalue weighted by molar-refractivity contribution is 0.261. The highest BCUT2D eigenvalue weighted by molar-refractivity contribution is 5.99. The van der Waals surface area contributed by atoms with Crippen LogP contribution in [0.1, 0.15) is 6.92 Å². The first-order valence-electron chi connectivity index (χ1n) is 6.93. The van der Waals surface area contributed by atoms with Gasteiger partial charge in [0.25, 0.3) is 5.89 Å². The van der Waals surface area contributed by atoms with Crippen molar-refractivity contribution in [3.63, 3.8) is 0 Å². The van der Waals surface area contributed by atoms with Gasteiger partial charge in [-0.15, -0.1) is 5.10 Å². The van der Waals surface area contributed by atoms with Crippen LogP contribution in [-0.2, 0) is 0 Å². The molecule has 0 saturated heterocycles. The number of hydrogen-bond acceptors (Lipinski definition) is 6. The summed E-state index contributed by atoms with van der Waals surface area (Å²) in [5, 5.41) is 12.6. The summed E-state index contributed by atoms with van der Waals surface area (Å²) in [4.78, 5) is 12.0. The number of anilines is 2. The Balaban J connectivity index is 1.66. The SMILES string of the molecule is CCOc1ccccc1NC(=O)Nc1nnc(-c2ccco2)o1. The summed E-state index contributed by atoms with van der Waals surface area (Å²) in [6.45, 7) is 2.36. The summed E-state index contributed by atoms with van der Waals surface area (Å²) in [7, 11) is 0. The maximum Gasteiger partial charge on any atom is 0.327 e. The molecule has 118 valence electrons. The van der Waals surface area contributed by atoms with Crippen LogP contribution in [0.5, 0.6) is 5.75 Å². The monoisotopic (exact) mass is 314 g/mol. The van der Waals surface area contributed by atoms with E-state index in [2.05, 4.69) is 20.8 Å². The van der Waals surface area contributed by atoms with Crippen molar-refractivity contribution in [1.82, 2.24) is 10.2 Å². The van der Waals surface area contributed by atoms with E-state index in [0.717, 1.165) is 0 Å². The number of aromatic nitrogens is 2. The standard InChI is InChI=1S/C15H14N4O4/c1-2-21-11-7-4-3-6-10(11)16-14(20)17-15-19-18-13(23-15)12-8-5-9-22-12/h3-9H,2H2,1H3,(H2,16,17,19,20). The largest absolute Gasteiger partial charge is 0.492 e. The number of para-hydroxylation sites is 2. The van der Waals surface area contributed by atoms with Crippen molar-refractivity contribution in [2.24, 2.45) is 0 Å². The first kappa shape index (κ1) is 14.6. The van der Waals surface area contributed by atoms with E-state index < -0.39 is 6.03 Å². The van der Waals surface area contributed by atoms with Crippen LogP contribution in [0.2, 0.25) is 0 Å². The summed E-state index contributed by atoms with van der Waals surface area (Å²) in [6.07, 6.45) is 1.49. The predicted molar refractivity (Wildman–Crippen MR) is 82.3 cm³/mol. The Morgan fingerprint density at radius 1 is 1.17 bits per heavy atom. The molecule has 0 bridgehead atoms. The molecule has 0 aliphatic heterocycles. The highest BCUT2D eigenvalue weighted by Gasteiger charge is 2.14. The number of carbonyl (C=O) groups is 1. The number of rotatable bonds is 5. The van der Waals surface area contributed by atoms with Gasteiger partial charge in [0, 0.05) is 0 Å². The third kappa shape index (κ3) is 3.49. The fraction of sp³-hybridized carbons (Fsp3) is 0.133. The fourth-order valence-electron chi connectivity index (χ4n) is 1.88. The zero-order valence-corrected chi connectivity index (χ0v) is 12.3. The molecule has 0 fully saturated rings. The molecule has 3 rings (SSSR count). The van der Waals surface area contributed by atoms with Gasteiger partial charge in [0.1, 0.15) is 5.75 Å². The van der Waals surface area contributed by atoms with E-state index in [1.807, 2.05) is 13.0 Å². The van der Waals surface area contributed by atoms with Crippen molar-refractivity contribution >= 4 is 17.7 Å². The maximum absolute atomic E-state index is 12.0. The van der Waals surface area contributed by atoms with Gasteiger partial charge >= 0.3 is 12.0 Å². The van der Waals surface area contributed by atoms with Gasteiger partial charge in [-0.25, -0.2) is 4.79 Å². The molecule has 2 aromatic heterocycles. The Kier molecular flexibility index (Phi) is 4.23. The van der Waals surface area contributed by atoms with Crippen LogP contribution >= 0.6 is 0 Å². The molecular weight excluding hydrogens is 300 g/mol. The molecule has 2 amide bonds. The third-order valence-electron chi connectivity index (χ3n) is 2.81. The molecule has 3 aromatic rings. The van der Waals surface area contributed by atoms with E-state index in [-0.39, 0.29) is 11.9 Å². The molecular formula is C15H14N4O4. The van der Waals surface area contributed by atoms with E-state index in [1.54, 1.807) is 30.3 Å². The molecule has 0 aliphatic rings. The van der Waals surface area contributed by atoms with Crippen LogP contribution in [0, 0.1) is 0 Å². The highest BCUT2D eigenvalue weighted by Crippen LogP contribution is 2.24. The van der Waals surface area contributed by atoms with Gasteiger partial charge in [0.2, 0.25) is 0 Å². The molecule has 0 aliphatic carbocycles. The van der Waals surface area contributed by atoms with E-state index in [1.165, 1.54) is 6.26 Å². The summed E-state index contributed by atoms with van der Waals surface area (Å²) >= 11 is 0. The van der Waals surface area contributed by atoms with Crippen LogP contribution in [-0.4, -0.2) is 22.8 Å². The second kappa shape index (κ2) is 6.65. The topological polar surface area (TPSA) is 102 Å². The van der Waals surface area contributed by atoms with Crippen molar-refractivity contribution < 1.29 is 18.4 Å². The molecule has 8 nitrogen and oxygen atoms in total. The predicted octanol–water partition coefficient (Wildman–Crippen LogP) is 3.37. The molecule has 0 unspecified atom stereocenters. The van der Waals surface area contributed by atoms with Gasteiger partial charge in [0.15, 0.2) is 5.76 Å². The van der Waals surface area contributed by atoms with Gasteiger partial charge in [0.05, 0.1) is 18.6 Å². The summed E-state index contributed by atoms with van der Waals surface area (Å²) in [5.41, 5.74) is 0.539. The van der Waals surface area contributed by atoms with Crippen LogP contribution in [0.15, 0.2) is 51.5 Å². The summed E-state index contributed by atoms with van der Waals surface area (Å²) in [5.74, 6) is 1.18. The maximum atomic E-state index is 12.0. The van der Waals surface area contributed by atoms with Gasteiger partial charge in [-0.1, -0.05) is 17.2 Å². The second-order valence-corrected chi connectivity index (χ2v) is 4.40. The van der Waals surface area contributed by atoms with Crippen LogP contribution in [0.25, 0.3) is 11.7 Å². The first-order valence-corrected chi connectivity index (χ1v) is 6.93. The minimum atomic E-state index is -0.521. The van der Waals surface area contributed by atoms with E-state index >= 15 is 0 Å². The number of hydrogen-bond donors (Lipinski definition) is 2. The zero-order valence-electron chi connectivity index (χ0n) is 12.3. The minimum absolute atomic E-state index is 0.0391. The minimum Gasteiger partial charge on any atom is -0.492 e. The summed E-state index contributed by atoms with van der Waals surface area (Å²) in [6, 6.07) is 9.92. The highest BCUT2D eigenvalue weighted by atomic mass is 16.5. The Morgan fingerprint density at radius 3 is 2.83 bits per heavy atom. The van der Waals surface area contributed by atoms with Gasteiger partial charge in [-0.2, -0.15) is 0 Å². The molecule has 2 N–H and O–H groups in total. The van der Waals surface area contributed by atoms with Gasteiger partial charge < -0.3 is 18.9 Å². The molecule has 0 atom stereocenters. The van der Waals surface area contributed by atoms with Gasteiger partial charge in [-0.3, -0.25) is 5.32 Å². The van der Waals surface area contributed by atoms with E-state index in [4.69, 9.17) is 13.6 Å². The number of furan rings is 1. The number of urea groups is 1. The summed E-state index contributed by atoms with van der Waals surface area (Å²) < 4.78 is 15.9. The number of nitrogens with zero attached hydrogens (tertiary/aromatic N) is 2. The Bertz CT molecular complexity index is 782. The molecule has 23 heavy (non-hydrogen) atoms. The number of nitrogens with one attached hydrogen (secondary N) is 2. The normalized spacial score (nSPS) is 10.3. The lowest BCUT2D eigenvalue weighted by atomic mass is 10.3. The molecule has 2 heterocycles. The van der Waals surface area contributed by atoms with Crippen molar-refractivity contribution in [3.8, 4) is 17.4 Å². The Labute approximate surface area is 131 Å². The molecule has 8 heteroatoms. The first-order chi connectivity index (χ1) is 11.3. The van der Waals surface area contributed by atoms with E-state index in [9.17, 15) is 4.79 Å². The molecule has 1 aromatic carbocycles. The Morgan fingerprint density at radius 2 is 2.04 bits per heavy atom. The lowest BCUT2D eigenvalue weighted by Gasteiger charge is -2.10. The van der Waals surface area contributed by atoms with E-state index in [0.29, 0.717) is 23.8 Å². The second-order valence-electron chi connectivity index (χ2n) is 4.40. The molecule has 0 spiro atoms.